The topological polar surface area (TPSA) is 206 Å². The van der Waals surface area contributed by atoms with Gasteiger partial charge in [-0.2, -0.15) is 36.2 Å². The number of sulfone groups is 1. The normalized spacial score (nSPS) is 12.3. The maximum Gasteiger partial charge on any atom is 0.397 e. The third-order valence-electron chi connectivity index (χ3n) is 4.87. The van der Waals surface area contributed by atoms with Crippen LogP contribution in [0.25, 0.3) is 0 Å². The minimum absolute atomic E-state index is 0.196. The molecule has 38 heavy (non-hydrogen) atoms. The molecule has 1 heterocycles. The molecule has 1 aromatic heterocycles. The number of para-hydroxylation sites is 1. The Kier molecular flexibility index (Phi) is 8.95. The Balaban J connectivity index is 1.87. The number of aromatic nitrogens is 3. The SMILES string of the molecule is Cc1cc(Nc2nc(F)nc(N(CCS(=O)(=O)CCOS(=O)(=O)O)c3ccccc3)n2)ccc1S(=O)(=O)O. The summed E-state index contributed by atoms with van der Waals surface area (Å²) in [6, 6.07) is 12.0. The summed E-state index contributed by atoms with van der Waals surface area (Å²) in [5.41, 5.74) is 0.863. The standard InChI is InChI=1S/C20H22FN5O9S3/c1-14-13-15(7-8-17(14)37(29,30)31)22-19-23-18(21)24-20(25-19)26(16-5-3-2-4-6-16)9-11-36(27,28)12-10-35-38(32,33)34/h2-8,13H,9-12H2,1H3,(H,29,30,31)(H,32,33,34)(H,22,23,24,25). The smallest absolute Gasteiger partial charge is 0.324 e. The zero-order valence-electron chi connectivity index (χ0n) is 19.6. The maximum atomic E-state index is 14.4. The summed E-state index contributed by atoms with van der Waals surface area (Å²) in [5, 5.41) is 2.70. The first-order chi connectivity index (χ1) is 17.6. The van der Waals surface area contributed by atoms with Gasteiger partial charge in [-0.05, 0) is 42.8 Å². The Labute approximate surface area is 218 Å². The molecule has 0 unspecified atom stereocenters. The summed E-state index contributed by atoms with van der Waals surface area (Å²) >= 11 is 0. The van der Waals surface area contributed by atoms with Crippen LogP contribution in [-0.4, -0.2) is 74.0 Å². The van der Waals surface area contributed by atoms with Gasteiger partial charge in [0.2, 0.25) is 11.9 Å². The summed E-state index contributed by atoms with van der Waals surface area (Å²) < 4.78 is 105. The van der Waals surface area contributed by atoms with Crippen LogP contribution in [0.4, 0.5) is 27.7 Å². The van der Waals surface area contributed by atoms with Crippen molar-refractivity contribution in [3.8, 4) is 0 Å². The van der Waals surface area contributed by atoms with E-state index in [1.807, 2.05) is 0 Å². The molecule has 0 saturated heterocycles. The van der Waals surface area contributed by atoms with E-state index in [-0.39, 0.29) is 34.6 Å². The van der Waals surface area contributed by atoms with E-state index >= 15 is 0 Å². The highest BCUT2D eigenvalue weighted by Crippen LogP contribution is 2.25. The number of nitrogens with zero attached hydrogens (tertiary/aromatic N) is 4. The Bertz CT molecular complexity index is 1620. The third-order valence-corrected chi connectivity index (χ3v) is 7.94. The molecule has 18 heteroatoms. The van der Waals surface area contributed by atoms with Gasteiger partial charge < -0.3 is 10.2 Å². The van der Waals surface area contributed by atoms with Crippen LogP contribution >= 0.6 is 0 Å². The fourth-order valence-corrected chi connectivity index (χ4v) is 5.32. The van der Waals surface area contributed by atoms with Crippen molar-refractivity contribution in [2.75, 3.05) is 34.9 Å². The summed E-state index contributed by atoms with van der Waals surface area (Å²) in [5.74, 6) is -1.80. The Morgan fingerprint density at radius 1 is 0.947 bits per heavy atom. The molecule has 0 atom stereocenters. The lowest BCUT2D eigenvalue weighted by Crippen LogP contribution is -2.29. The minimum Gasteiger partial charge on any atom is -0.324 e. The van der Waals surface area contributed by atoms with Crippen LogP contribution in [-0.2, 0) is 34.5 Å². The fourth-order valence-electron chi connectivity index (χ4n) is 3.21. The van der Waals surface area contributed by atoms with Crippen molar-refractivity contribution in [3.63, 3.8) is 0 Å². The van der Waals surface area contributed by atoms with Crippen LogP contribution in [0.1, 0.15) is 5.56 Å². The Morgan fingerprint density at radius 2 is 1.63 bits per heavy atom. The summed E-state index contributed by atoms with van der Waals surface area (Å²) in [6.07, 6.45) is -1.20. The van der Waals surface area contributed by atoms with Crippen molar-refractivity contribution in [1.82, 2.24) is 15.0 Å². The monoisotopic (exact) mass is 591 g/mol. The molecule has 0 aliphatic rings. The fraction of sp³-hybridized carbons (Fsp3) is 0.250. The zero-order valence-corrected chi connectivity index (χ0v) is 22.0. The van der Waals surface area contributed by atoms with E-state index in [4.69, 9.17) is 4.55 Å². The molecule has 3 N–H and O–H groups in total. The average Bonchev–Trinajstić information content (AvgIpc) is 2.77. The van der Waals surface area contributed by atoms with Crippen LogP contribution < -0.4 is 10.2 Å². The van der Waals surface area contributed by atoms with Gasteiger partial charge in [0.25, 0.3) is 10.1 Å². The lowest BCUT2D eigenvalue weighted by molar-refractivity contribution is 0.284. The number of benzene rings is 2. The van der Waals surface area contributed by atoms with Crippen molar-refractivity contribution in [1.29, 1.82) is 0 Å². The van der Waals surface area contributed by atoms with E-state index < -0.39 is 54.5 Å². The van der Waals surface area contributed by atoms with Gasteiger partial charge in [0.05, 0.1) is 23.0 Å². The van der Waals surface area contributed by atoms with Gasteiger partial charge in [0, 0.05) is 17.9 Å². The van der Waals surface area contributed by atoms with Crippen molar-refractivity contribution < 1.29 is 42.9 Å². The molecule has 0 spiro atoms. The van der Waals surface area contributed by atoms with Gasteiger partial charge in [-0.1, -0.05) is 18.2 Å². The highest BCUT2D eigenvalue weighted by atomic mass is 32.3. The lowest BCUT2D eigenvalue weighted by atomic mass is 10.2. The van der Waals surface area contributed by atoms with Crippen molar-refractivity contribution in [3.05, 3.63) is 60.2 Å². The average molecular weight is 592 g/mol. The molecule has 14 nitrogen and oxygen atoms in total. The van der Waals surface area contributed by atoms with E-state index in [0.29, 0.717) is 5.69 Å². The summed E-state index contributed by atoms with van der Waals surface area (Å²) in [7, 11) is -13.1. The summed E-state index contributed by atoms with van der Waals surface area (Å²) in [6.45, 7) is 0.367. The highest BCUT2D eigenvalue weighted by Gasteiger charge is 2.21. The Morgan fingerprint density at radius 3 is 2.24 bits per heavy atom. The molecule has 0 saturated carbocycles. The molecule has 0 aliphatic carbocycles. The third kappa shape index (κ3) is 8.64. The van der Waals surface area contributed by atoms with Gasteiger partial charge in [-0.3, -0.25) is 9.11 Å². The number of nitrogens with one attached hydrogen (secondary N) is 1. The predicted molar refractivity (Wildman–Crippen MR) is 134 cm³/mol. The number of rotatable bonds is 12. The second kappa shape index (κ2) is 11.6. The first kappa shape index (κ1) is 29.3. The predicted octanol–water partition coefficient (Wildman–Crippen LogP) is 1.68. The first-order valence-electron chi connectivity index (χ1n) is 10.5. The van der Waals surface area contributed by atoms with E-state index in [9.17, 15) is 34.2 Å². The number of aryl methyl sites for hydroxylation is 1. The number of anilines is 4. The number of hydrogen-bond acceptors (Lipinski definition) is 12. The van der Waals surface area contributed by atoms with E-state index in [0.717, 1.165) is 6.07 Å². The largest absolute Gasteiger partial charge is 0.397 e. The highest BCUT2D eigenvalue weighted by molar-refractivity contribution is 7.91. The Hall–Kier alpha value is -3.29. The second-order valence-electron chi connectivity index (χ2n) is 7.70. The van der Waals surface area contributed by atoms with E-state index in [2.05, 4.69) is 24.5 Å². The van der Waals surface area contributed by atoms with Crippen LogP contribution in [0.2, 0.25) is 0 Å². The van der Waals surface area contributed by atoms with Gasteiger partial charge >= 0.3 is 16.5 Å². The van der Waals surface area contributed by atoms with Gasteiger partial charge in [0.1, 0.15) is 0 Å². The maximum absolute atomic E-state index is 14.4. The molecule has 0 radical (unpaired) electrons. The van der Waals surface area contributed by atoms with Crippen molar-refractivity contribution >= 4 is 53.6 Å². The summed E-state index contributed by atoms with van der Waals surface area (Å²) in [4.78, 5) is 12.4. The molecular formula is C20H22FN5O9S3. The molecule has 0 aliphatic heterocycles. The minimum atomic E-state index is -4.80. The lowest BCUT2D eigenvalue weighted by Gasteiger charge is -2.23. The molecular weight excluding hydrogens is 569 g/mol. The second-order valence-corrected chi connectivity index (χ2v) is 12.5. The van der Waals surface area contributed by atoms with Gasteiger partial charge in [0.15, 0.2) is 9.84 Å². The zero-order chi connectivity index (χ0) is 28.1. The quantitative estimate of drug-likeness (QED) is 0.256. The van der Waals surface area contributed by atoms with Crippen LogP contribution in [0.15, 0.2) is 53.4 Å². The molecule has 0 amide bonds. The van der Waals surface area contributed by atoms with Gasteiger partial charge in [-0.15, -0.1) is 0 Å². The molecule has 3 rings (SSSR count). The molecule has 0 bridgehead atoms. The molecule has 0 fully saturated rings. The van der Waals surface area contributed by atoms with E-state index in [1.165, 1.54) is 24.0 Å². The molecule has 2 aromatic carbocycles. The van der Waals surface area contributed by atoms with Crippen molar-refractivity contribution in [2.45, 2.75) is 11.8 Å². The van der Waals surface area contributed by atoms with Crippen LogP contribution in [0.5, 0.6) is 0 Å². The van der Waals surface area contributed by atoms with Crippen LogP contribution in [0, 0.1) is 13.0 Å². The van der Waals surface area contributed by atoms with Crippen LogP contribution in [0.3, 0.4) is 0 Å². The molecule has 206 valence electrons. The molecule has 3 aromatic rings. The first-order valence-corrected chi connectivity index (χ1v) is 15.2. The van der Waals surface area contributed by atoms with E-state index in [1.54, 1.807) is 30.3 Å². The van der Waals surface area contributed by atoms with Crippen molar-refractivity contribution in [2.24, 2.45) is 0 Å². The number of halogens is 1. The van der Waals surface area contributed by atoms with Gasteiger partial charge in [-0.25, -0.2) is 12.6 Å². The number of hydrogen-bond donors (Lipinski definition) is 3.